The topological polar surface area (TPSA) is 48.4 Å². The van der Waals surface area contributed by atoms with Crippen molar-refractivity contribution in [2.75, 3.05) is 13.2 Å². The number of fused-ring (bicyclic) bond motifs is 1. The molecule has 4 rings (SSSR count). The second kappa shape index (κ2) is 10.7. The molecule has 0 fully saturated rings. The minimum absolute atomic E-state index is 0.129. The number of thioether (sulfide) groups is 1. The molecule has 0 bridgehead atoms. The van der Waals surface area contributed by atoms with Crippen molar-refractivity contribution in [3.63, 3.8) is 0 Å². The van der Waals surface area contributed by atoms with Crippen LogP contribution < -0.4 is 4.74 Å². The van der Waals surface area contributed by atoms with Crippen molar-refractivity contribution < 1.29 is 27.4 Å². The van der Waals surface area contributed by atoms with Crippen LogP contribution in [-0.4, -0.2) is 24.2 Å². The van der Waals surface area contributed by atoms with Gasteiger partial charge in [0.05, 0.1) is 22.4 Å². The number of benzene rings is 3. The summed E-state index contributed by atoms with van der Waals surface area (Å²) < 4.78 is 50.1. The van der Waals surface area contributed by atoms with Crippen LogP contribution in [0.25, 0.3) is 20.8 Å². The maximum atomic E-state index is 12.9. The van der Waals surface area contributed by atoms with Gasteiger partial charge in [-0.3, -0.25) is 0 Å². The van der Waals surface area contributed by atoms with E-state index in [-0.39, 0.29) is 6.61 Å². The van der Waals surface area contributed by atoms with Crippen LogP contribution in [0.2, 0.25) is 0 Å². The molecule has 0 atom stereocenters. The Kier molecular flexibility index (Phi) is 7.66. The third-order valence-corrected chi connectivity index (χ3v) is 7.39. The van der Waals surface area contributed by atoms with Crippen LogP contribution in [0.5, 0.6) is 5.75 Å². The minimum Gasteiger partial charge on any atom is -0.482 e. The van der Waals surface area contributed by atoms with Gasteiger partial charge >= 0.3 is 12.1 Å². The van der Waals surface area contributed by atoms with Gasteiger partial charge in [-0.05, 0) is 61.4 Å². The summed E-state index contributed by atoms with van der Waals surface area (Å²) in [6.45, 7) is 3.85. The van der Waals surface area contributed by atoms with Crippen LogP contribution in [0, 0.1) is 6.92 Å². The Morgan fingerprint density at radius 1 is 1.09 bits per heavy atom. The molecule has 0 amide bonds. The highest BCUT2D eigenvalue weighted by atomic mass is 32.2. The average molecular weight is 518 g/mol. The number of aromatic nitrogens is 1. The molecule has 1 heterocycles. The number of rotatable bonds is 8. The number of alkyl halides is 3. The maximum Gasteiger partial charge on any atom is 0.416 e. The zero-order chi connectivity index (χ0) is 25.0. The third-order valence-electron chi connectivity index (χ3n) is 5.15. The number of carbonyl (C=O) groups is 1. The molecule has 4 aromatic rings. The molecule has 0 aliphatic carbocycles. The lowest BCUT2D eigenvalue weighted by Crippen LogP contribution is -2.14. The van der Waals surface area contributed by atoms with Crippen LogP contribution in [0.3, 0.4) is 0 Å². The Morgan fingerprint density at radius 2 is 1.86 bits per heavy atom. The second-order valence-electron chi connectivity index (χ2n) is 7.67. The van der Waals surface area contributed by atoms with Gasteiger partial charge in [0, 0.05) is 16.2 Å². The Balaban J connectivity index is 1.47. The second-order valence-corrected chi connectivity index (χ2v) is 9.72. The van der Waals surface area contributed by atoms with E-state index in [9.17, 15) is 18.0 Å². The van der Waals surface area contributed by atoms with E-state index in [4.69, 9.17) is 9.47 Å². The average Bonchev–Trinajstić information content (AvgIpc) is 3.27. The lowest BCUT2D eigenvalue weighted by atomic mass is 10.1. The summed E-state index contributed by atoms with van der Waals surface area (Å²) in [5.41, 5.74) is 2.82. The van der Waals surface area contributed by atoms with Gasteiger partial charge in [0.2, 0.25) is 0 Å². The summed E-state index contributed by atoms with van der Waals surface area (Å²) in [6, 6.07) is 16.8. The number of esters is 1. The number of nitrogens with zero attached hydrogens (tertiary/aromatic N) is 1. The molecule has 0 unspecified atom stereocenters. The lowest BCUT2D eigenvalue weighted by Gasteiger charge is -2.10. The van der Waals surface area contributed by atoms with E-state index in [0.717, 1.165) is 38.4 Å². The maximum absolute atomic E-state index is 12.9. The molecule has 9 heteroatoms. The van der Waals surface area contributed by atoms with Crippen LogP contribution in [0.1, 0.15) is 23.6 Å². The van der Waals surface area contributed by atoms with Crippen molar-refractivity contribution in [3.05, 3.63) is 77.4 Å². The van der Waals surface area contributed by atoms with Crippen molar-refractivity contribution >= 4 is 39.3 Å². The zero-order valence-corrected chi connectivity index (χ0v) is 20.7. The predicted molar refractivity (Wildman–Crippen MR) is 133 cm³/mol. The van der Waals surface area contributed by atoms with E-state index in [1.54, 1.807) is 18.7 Å². The van der Waals surface area contributed by atoms with E-state index >= 15 is 0 Å². The number of hydrogen-bond acceptors (Lipinski definition) is 6. The summed E-state index contributed by atoms with van der Waals surface area (Å²) in [7, 11) is 0. The fraction of sp³-hybridized carbons (Fsp3) is 0.231. The van der Waals surface area contributed by atoms with E-state index < -0.39 is 17.7 Å². The third kappa shape index (κ3) is 6.15. The van der Waals surface area contributed by atoms with Gasteiger partial charge in [-0.2, -0.15) is 13.2 Å². The summed E-state index contributed by atoms with van der Waals surface area (Å²) in [5, 5.41) is 0.685. The molecule has 0 aliphatic rings. The van der Waals surface area contributed by atoms with Crippen molar-refractivity contribution in [1.82, 2.24) is 4.98 Å². The van der Waals surface area contributed by atoms with Crippen LogP contribution in [0.4, 0.5) is 13.2 Å². The molecule has 182 valence electrons. The Morgan fingerprint density at radius 3 is 2.54 bits per heavy atom. The quantitative estimate of drug-likeness (QED) is 0.179. The number of thiazole rings is 1. The van der Waals surface area contributed by atoms with Crippen molar-refractivity contribution in [2.45, 2.75) is 30.7 Å². The number of ether oxygens (including phenoxy) is 2. The molecule has 0 N–H and O–H groups in total. The van der Waals surface area contributed by atoms with Gasteiger partial charge in [0.1, 0.15) is 10.8 Å². The Bertz CT molecular complexity index is 1330. The molecule has 0 radical (unpaired) electrons. The number of halogens is 3. The Labute approximate surface area is 209 Å². The molecule has 35 heavy (non-hydrogen) atoms. The summed E-state index contributed by atoms with van der Waals surface area (Å²) in [6.07, 6.45) is -4.36. The van der Waals surface area contributed by atoms with Crippen LogP contribution >= 0.6 is 23.1 Å². The zero-order valence-electron chi connectivity index (χ0n) is 19.0. The van der Waals surface area contributed by atoms with Crippen molar-refractivity contribution in [3.8, 4) is 16.3 Å². The van der Waals surface area contributed by atoms with E-state index in [0.29, 0.717) is 28.7 Å². The molecule has 3 aromatic carbocycles. The molecular formula is C26H22F3NO3S2. The smallest absolute Gasteiger partial charge is 0.416 e. The fourth-order valence-electron chi connectivity index (χ4n) is 3.42. The lowest BCUT2D eigenvalue weighted by molar-refractivity contribution is -0.145. The van der Waals surface area contributed by atoms with Crippen LogP contribution in [-0.2, 0) is 21.5 Å². The first-order valence-corrected chi connectivity index (χ1v) is 12.6. The van der Waals surface area contributed by atoms with Gasteiger partial charge in [0.25, 0.3) is 0 Å². The van der Waals surface area contributed by atoms with E-state index in [1.807, 2.05) is 43.3 Å². The van der Waals surface area contributed by atoms with Gasteiger partial charge < -0.3 is 9.47 Å². The normalized spacial score (nSPS) is 11.6. The standard InChI is InChI=1S/C26H22F3NO3S2/c1-3-32-23(31)14-33-22-12-11-20(13-16(22)2)34-15-18-5-4-6-21-24(18)35-25(30-21)17-7-9-19(10-8-17)26(27,28)29/h4-13H,3,14-15H2,1-2H3. The van der Waals surface area contributed by atoms with Gasteiger partial charge in [-0.1, -0.05) is 24.3 Å². The first-order chi connectivity index (χ1) is 16.7. The van der Waals surface area contributed by atoms with Crippen molar-refractivity contribution in [1.29, 1.82) is 0 Å². The molecule has 0 aliphatic heterocycles. The van der Waals surface area contributed by atoms with Crippen LogP contribution in [0.15, 0.2) is 65.6 Å². The SMILES string of the molecule is CCOC(=O)COc1ccc(SCc2cccc3nc(-c4ccc(C(F)(F)F)cc4)sc23)cc1C. The Hall–Kier alpha value is -3.04. The molecule has 1 aromatic heterocycles. The first kappa shape index (κ1) is 25.1. The van der Waals surface area contributed by atoms with Gasteiger partial charge in [-0.25, -0.2) is 9.78 Å². The summed E-state index contributed by atoms with van der Waals surface area (Å²) in [4.78, 5) is 17.2. The molecule has 0 spiro atoms. The van der Waals surface area contributed by atoms with E-state index in [1.165, 1.54) is 23.5 Å². The fourth-order valence-corrected chi connectivity index (χ4v) is 5.58. The highest BCUT2D eigenvalue weighted by molar-refractivity contribution is 7.98. The largest absolute Gasteiger partial charge is 0.482 e. The highest BCUT2D eigenvalue weighted by Gasteiger charge is 2.30. The molecule has 0 saturated carbocycles. The molecule has 4 nitrogen and oxygen atoms in total. The first-order valence-electron chi connectivity index (χ1n) is 10.8. The summed E-state index contributed by atoms with van der Waals surface area (Å²) >= 11 is 3.14. The van der Waals surface area contributed by atoms with Gasteiger partial charge in [0.15, 0.2) is 6.61 Å². The minimum atomic E-state index is -4.36. The summed E-state index contributed by atoms with van der Waals surface area (Å²) in [5.74, 6) is 0.931. The molecule has 0 saturated heterocycles. The number of aryl methyl sites for hydroxylation is 1. The number of carbonyl (C=O) groups excluding carboxylic acids is 1. The predicted octanol–water partition coefficient (Wildman–Crippen LogP) is 7.52. The van der Waals surface area contributed by atoms with Gasteiger partial charge in [-0.15, -0.1) is 23.1 Å². The van der Waals surface area contributed by atoms with E-state index in [2.05, 4.69) is 4.98 Å². The van der Waals surface area contributed by atoms with Crippen molar-refractivity contribution in [2.24, 2.45) is 0 Å². The number of hydrogen-bond donors (Lipinski definition) is 0. The highest BCUT2D eigenvalue weighted by Crippen LogP contribution is 2.37. The monoisotopic (exact) mass is 517 g/mol. The molecular weight excluding hydrogens is 495 g/mol.